The Morgan fingerprint density at radius 1 is 1.00 bits per heavy atom. The third-order valence-electron chi connectivity index (χ3n) is 8.58. The van der Waals surface area contributed by atoms with Crippen molar-refractivity contribution < 1.29 is 41.9 Å². The maximum Gasteiger partial charge on any atom is 0.411 e. The van der Waals surface area contributed by atoms with Crippen molar-refractivity contribution >= 4 is 45.6 Å². The van der Waals surface area contributed by atoms with Gasteiger partial charge in [0.15, 0.2) is 0 Å². The van der Waals surface area contributed by atoms with E-state index in [4.69, 9.17) is 9.47 Å². The van der Waals surface area contributed by atoms with Gasteiger partial charge in [0.1, 0.15) is 6.10 Å². The summed E-state index contributed by atoms with van der Waals surface area (Å²) >= 11 is 0. The Morgan fingerprint density at radius 3 is 2.38 bits per heavy atom. The van der Waals surface area contributed by atoms with Crippen molar-refractivity contribution in [2.24, 2.45) is 17.8 Å². The van der Waals surface area contributed by atoms with Crippen molar-refractivity contribution in [3.8, 4) is 0 Å². The molecule has 3 N–H and O–H groups in total. The minimum absolute atomic E-state index is 0.00294. The summed E-state index contributed by atoms with van der Waals surface area (Å²) in [6.07, 6.45) is 6.20. The van der Waals surface area contributed by atoms with Crippen LogP contribution in [-0.2, 0) is 29.1 Å². The number of urea groups is 1. The van der Waals surface area contributed by atoms with Crippen molar-refractivity contribution in [1.29, 1.82) is 0 Å². The third-order valence-corrected chi connectivity index (χ3v) is 10.4. The van der Waals surface area contributed by atoms with Crippen LogP contribution in [0.15, 0.2) is 49.6 Å². The number of rotatable bonds is 16. The number of nitrogens with zero attached hydrogens (tertiary/aromatic N) is 1. The Bertz CT molecular complexity index is 1480. The van der Waals surface area contributed by atoms with Gasteiger partial charge in [-0.3, -0.25) is 19.8 Å². The maximum absolute atomic E-state index is 14.1. The molecule has 47 heavy (non-hydrogen) atoms. The van der Waals surface area contributed by atoms with Crippen molar-refractivity contribution in [3.63, 3.8) is 0 Å². The van der Waals surface area contributed by atoms with Gasteiger partial charge in [-0.25, -0.2) is 27.5 Å². The van der Waals surface area contributed by atoms with Gasteiger partial charge in [-0.1, -0.05) is 30.7 Å². The second kappa shape index (κ2) is 16.1. The standard InChI is InChI=1S/C33H44N4O9S/c1-4-7-8-9-12-17-34-29(38)25-19-22(46-33(42)35-27-14-11-10-13-24(27)31(40)45-6-3)20-26(25)30(39)37(28-18-21(28)5-2)32(41)36-47(43,44)23-15-16-23/h4-5,10-11,13-14,21-23,25-26,28H,1-2,6-9,12,15-20H2,3H3,(H,34,38)(H,35,42)(H,36,41). The number of amides is 5. The summed E-state index contributed by atoms with van der Waals surface area (Å²) < 4.78 is 38.0. The fraction of sp³-hybridized carbons (Fsp3) is 0.545. The largest absolute Gasteiger partial charge is 0.462 e. The number of benzene rings is 1. The van der Waals surface area contributed by atoms with Crippen LogP contribution in [0.4, 0.5) is 15.3 Å². The normalized spacial score (nSPS) is 23.1. The fourth-order valence-corrected chi connectivity index (χ4v) is 7.09. The smallest absolute Gasteiger partial charge is 0.411 e. The number of nitrogens with one attached hydrogen (secondary N) is 3. The highest BCUT2D eigenvalue weighted by atomic mass is 32.2. The van der Waals surface area contributed by atoms with Gasteiger partial charge in [0.25, 0.3) is 0 Å². The van der Waals surface area contributed by atoms with Crippen LogP contribution in [0.3, 0.4) is 0 Å². The average molecular weight is 673 g/mol. The number of esters is 1. The molecule has 14 heteroatoms. The number of ether oxygens (including phenoxy) is 2. The molecule has 4 rings (SSSR count). The zero-order valence-electron chi connectivity index (χ0n) is 26.7. The number of carbonyl (C=O) groups excluding carboxylic acids is 5. The number of hydrogen-bond donors (Lipinski definition) is 3. The highest BCUT2D eigenvalue weighted by Crippen LogP contribution is 2.42. The van der Waals surface area contributed by atoms with Crippen LogP contribution in [0.2, 0.25) is 0 Å². The third kappa shape index (κ3) is 9.43. The quantitative estimate of drug-likeness (QED) is 0.131. The Labute approximate surface area is 275 Å². The van der Waals surface area contributed by atoms with Crippen LogP contribution < -0.4 is 15.4 Å². The lowest BCUT2D eigenvalue weighted by Crippen LogP contribution is -2.51. The van der Waals surface area contributed by atoms with Gasteiger partial charge in [0, 0.05) is 12.6 Å². The van der Waals surface area contributed by atoms with Gasteiger partial charge in [0.2, 0.25) is 21.8 Å². The number of hydrogen-bond acceptors (Lipinski definition) is 9. The molecule has 3 saturated carbocycles. The van der Waals surface area contributed by atoms with E-state index in [1.54, 1.807) is 25.1 Å². The summed E-state index contributed by atoms with van der Waals surface area (Å²) in [4.78, 5) is 67.2. The molecule has 13 nitrogen and oxygen atoms in total. The number of unbranched alkanes of at least 4 members (excludes halogenated alkanes) is 3. The first kappa shape index (κ1) is 35.7. The number of para-hydroxylation sites is 1. The van der Waals surface area contributed by atoms with E-state index in [1.165, 1.54) is 12.1 Å². The molecule has 0 heterocycles. The van der Waals surface area contributed by atoms with Crippen LogP contribution in [0, 0.1) is 17.8 Å². The Kier molecular flexibility index (Phi) is 12.2. The summed E-state index contributed by atoms with van der Waals surface area (Å²) in [6.45, 7) is 9.62. The predicted octanol–water partition coefficient (Wildman–Crippen LogP) is 4.27. The number of allylic oxidation sites excluding steroid dienone is 1. The first-order valence-corrected chi connectivity index (χ1v) is 17.7. The molecular weight excluding hydrogens is 628 g/mol. The van der Waals surface area contributed by atoms with Crippen LogP contribution in [-0.4, -0.2) is 73.8 Å². The molecule has 0 spiro atoms. The van der Waals surface area contributed by atoms with Crippen molar-refractivity contribution in [2.75, 3.05) is 18.5 Å². The molecule has 5 amide bonds. The number of imide groups is 1. The Hall–Kier alpha value is -4.20. The molecule has 0 saturated heterocycles. The van der Waals surface area contributed by atoms with E-state index in [9.17, 15) is 32.4 Å². The average Bonchev–Trinajstić information content (AvgIpc) is 3.96. The zero-order chi connectivity index (χ0) is 34.1. The highest BCUT2D eigenvalue weighted by Gasteiger charge is 2.52. The van der Waals surface area contributed by atoms with Gasteiger partial charge in [-0.2, -0.15) is 0 Å². The summed E-state index contributed by atoms with van der Waals surface area (Å²) in [7, 11) is -3.96. The second-order valence-electron chi connectivity index (χ2n) is 12.1. The van der Waals surface area contributed by atoms with Crippen molar-refractivity contribution in [3.05, 3.63) is 55.1 Å². The summed E-state index contributed by atoms with van der Waals surface area (Å²) in [5.74, 6) is -4.00. The first-order valence-electron chi connectivity index (χ1n) is 16.1. The molecule has 3 aliphatic carbocycles. The van der Waals surface area contributed by atoms with E-state index in [0.717, 1.165) is 24.2 Å². The minimum Gasteiger partial charge on any atom is -0.462 e. The van der Waals surface area contributed by atoms with Crippen LogP contribution >= 0.6 is 0 Å². The molecule has 3 fully saturated rings. The molecular formula is C33H44N4O9S. The number of anilines is 1. The van der Waals surface area contributed by atoms with E-state index < -0.39 is 69.2 Å². The lowest BCUT2D eigenvalue weighted by atomic mass is 9.93. The molecule has 3 aliphatic rings. The lowest BCUT2D eigenvalue weighted by Gasteiger charge is -2.27. The number of carbonyl (C=O) groups is 5. The molecule has 0 aromatic heterocycles. The predicted molar refractivity (Wildman–Crippen MR) is 174 cm³/mol. The van der Waals surface area contributed by atoms with E-state index in [-0.39, 0.29) is 36.6 Å². The molecule has 0 radical (unpaired) electrons. The second-order valence-corrected chi connectivity index (χ2v) is 14.1. The molecule has 5 atom stereocenters. The SMILES string of the molecule is C=CCCCCCNC(=O)C1CC(OC(=O)Nc2ccccc2C(=O)OCC)CC1C(=O)N(C(=O)NS(=O)(=O)C1CC1)C1CC1C=C. The maximum atomic E-state index is 14.1. The van der Waals surface area contributed by atoms with Crippen LogP contribution in [0.5, 0.6) is 0 Å². The highest BCUT2D eigenvalue weighted by molar-refractivity contribution is 7.90. The van der Waals surface area contributed by atoms with E-state index in [1.807, 2.05) is 10.8 Å². The zero-order valence-corrected chi connectivity index (χ0v) is 27.5. The monoisotopic (exact) mass is 672 g/mol. The molecule has 256 valence electrons. The first-order chi connectivity index (χ1) is 22.5. The fourth-order valence-electron chi connectivity index (χ4n) is 5.83. The lowest BCUT2D eigenvalue weighted by molar-refractivity contribution is -0.139. The van der Waals surface area contributed by atoms with Gasteiger partial charge < -0.3 is 14.8 Å². The Morgan fingerprint density at radius 2 is 1.72 bits per heavy atom. The van der Waals surface area contributed by atoms with Crippen molar-refractivity contribution in [1.82, 2.24) is 14.9 Å². The van der Waals surface area contributed by atoms with E-state index >= 15 is 0 Å². The molecule has 0 aliphatic heterocycles. The van der Waals surface area contributed by atoms with E-state index in [2.05, 4.69) is 23.8 Å². The van der Waals surface area contributed by atoms with Gasteiger partial charge >= 0.3 is 18.1 Å². The van der Waals surface area contributed by atoms with Gasteiger partial charge in [-0.05, 0) is 76.3 Å². The van der Waals surface area contributed by atoms with Gasteiger partial charge in [-0.15, -0.1) is 13.2 Å². The summed E-state index contributed by atoms with van der Waals surface area (Å²) in [5.41, 5.74) is 0.288. The van der Waals surface area contributed by atoms with Crippen LogP contribution in [0.25, 0.3) is 0 Å². The number of sulfonamides is 1. The molecule has 5 unspecified atom stereocenters. The van der Waals surface area contributed by atoms with Crippen LogP contribution in [0.1, 0.15) is 75.1 Å². The topological polar surface area (TPSA) is 177 Å². The molecule has 1 aromatic carbocycles. The molecule has 0 bridgehead atoms. The Balaban J connectivity index is 1.50. The minimum atomic E-state index is -3.96. The summed E-state index contributed by atoms with van der Waals surface area (Å²) in [6, 6.07) is 4.58. The summed E-state index contributed by atoms with van der Waals surface area (Å²) in [5, 5.41) is 4.73. The van der Waals surface area contributed by atoms with E-state index in [0.29, 0.717) is 32.2 Å². The molecule has 1 aromatic rings. The van der Waals surface area contributed by atoms with Crippen molar-refractivity contribution in [2.45, 2.75) is 82.1 Å². The van der Waals surface area contributed by atoms with Gasteiger partial charge in [0.05, 0.1) is 34.9 Å².